The first-order valence-corrected chi connectivity index (χ1v) is 16.6. The molecule has 260 valence electrons. The third kappa shape index (κ3) is 5.86. The lowest BCUT2D eigenvalue weighted by atomic mass is 10.0. The van der Waals surface area contributed by atoms with Gasteiger partial charge in [0, 0.05) is 34.4 Å². The SMILES string of the molecule is COc1ccc(NC(=O)C2C(=O)c3ccc(S(=O)(=O)c4ccc5c(c4)C(=O)C(C(=O)Nc4ccc(OC)cc4OC)C5=O)cc3C2=O)c(OC)c1. The zero-order valence-electron chi connectivity index (χ0n) is 27.4. The van der Waals surface area contributed by atoms with Crippen molar-refractivity contribution in [1.29, 1.82) is 0 Å². The van der Waals surface area contributed by atoms with Crippen molar-refractivity contribution < 1.29 is 56.1 Å². The van der Waals surface area contributed by atoms with E-state index in [1.807, 2.05) is 0 Å². The van der Waals surface area contributed by atoms with Crippen LogP contribution in [0.5, 0.6) is 23.0 Å². The van der Waals surface area contributed by atoms with Gasteiger partial charge in [-0.15, -0.1) is 0 Å². The van der Waals surface area contributed by atoms with Crippen LogP contribution < -0.4 is 29.6 Å². The Morgan fingerprint density at radius 1 is 0.510 bits per heavy atom. The molecule has 0 radical (unpaired) electrons. The number of hydrogen-bond acceptors (Lipinski definition) is 12. The zero-order chi connectivity index (χ0) is 36.8. The highest BCUT2D eigenvalue weighted by Crippen LogP contribution is 2.36. The molecule has 15 heteroatoms. The number of methoxy groups -OCH3 is 4. The summed E-state index contributed by atoms with van der Waals surface area (Å²) in [7, 11) is 1.16. The Balaban J connectivity index is 1.24. The molecular weight excluding hydrogens is 684 g/mol. The van der Waals surface area contributed by atoms with Gasteiger partial charge in [-0.2, -0.15) is 0 Å². The number of sulfone groups is 1. The summed E-state index contributed by atoms with van der Waals surface area (Å²) in [5, 5.41) is 5.02. The number of ketones is 4. The topological polar surface area (TPSA) is 198 Å². The fourth-order valence-corrected chi connectivity index (χ4v) is 7.22. The molecule has 0 bridgehead atoms. The molecule has 6 rings (SSSR count). The molecule has 4 aromatic rings. The zero-order valence-corrected chi connectivity index (χ0v) is 28.2. The summed E-state index contributed by atoms with van der Waals surface area (Å²) in [5.74, 6) is -7.60. The van der Waals surface area contributed by atoms with E-state index < -0.39 is 66.4 Å². The van der Waals surface area contributed by atoms with Crippen molar-refractivity contribution in [1.82, 2.24) is 0 Å². The number of carbonyl (C=O) groups excluding carboxylic acids is 6. The maximum atomic E-state index is 13.8. The third-order valence-electron chi connectivity index (χ3n) is 8.57. The second-order valence-electron chi connectivity index (χ2n) is 11.4. The van der Waals surface area contributed by atoms with Crippen LogP contribution in [0, 0.1) is 11.8 Å². The second-order valence-corrected chi connectivity index (χ2v) is 13.3. The number of nitrogens with one attached hydrogen (secondary N) is 2. The van der Waals surface area contributed by atoms with Crippen molar-refractivity contribution in [3.8, 4) is 23.0 Å². The lowest BCUT2D eigenvalue weighted by Crippen LogP contribution is -2.31. The highest BCUT2D eigenvalue weighted by Gasteiger charge is 2.46. The normalized spacial score (nSPS) is 16.3. The molecule has 0 heterocycles. The number of ether oxygens (including phenoxy) is 4. The highest BCUT2D eigenvalue weighted by atomic mass is 32.2. The van der Waals surface area contributed by atoms with Crippen LogP contribution in [0.4, 0.5) is 11.4 Å². The number of Topliss-reactive ketones (excluding diaryl/α,β-unsaturated/α-hetero) is 4. The molecule has 2 unspecified atom stereocenters. The molecule has 2 amide bonds. The Bertz CT molecular complexity index is 2160. The van der Waals surface area contributed by atoms with Gasteiger partial charge in [0.15, 0.2) is 35.0 Å². The lowest BCUT2D eigenvalue weighted by molar-refractivity contribution is -0.118. The Hall–Kier alpha value is -6.35. The Kier molecular flexibility index (Phi) is 8.91. The number of benzene rings is 4. The van der Waals surface area contributed by atoms with Gasteiger partial charge in [0.25, 0.3) is 0 Å². The fourth-order valence-electron chi connectivity index (χ4n) is 5.90. The Morgan fingerprint density at radius 2 is 0.882 bits per heavy atom. The summed E-state index contributed by atoms with van der Waals surface area (Å²) < 4.78 is 48.3. The predicted molar refractivity (Wildman–Crippen MR) is 179 cm³/mol. The molecule has 0 spiro atoms. The molecule has 0 aromatic heterocycles. The first-order valence-electron chi connectivity index (χ1n) is 15.1. The van der Waals surface area contributed by atoms with Crippen LogP contribution in [-0.4, -0.2) is 71.8 Å². The van der Waals surface area contributed by atoms with Gasteiger partial charge in [0.1, 0.15) is 23.0 Å². The van der Waals surface area contributed by atoms with E-state index in [1.165, 1.54) is 52.7 Å². The van der Waals surface area contributed by atoms with Crippen LogP contribution in [-0.2, 0) is 19.4 Å². The summed E-state index contributed by atoms with van der Waals surface area (Å²) >= 11 is 0. The van der Waals surface area contributed by atoms with Gasteiger partial charge < -0.3 is 29.6 Å². The van der Waals surface area contributed by atoms with Gasteiger partial charge in [0.2, 0.25) is 21.7 Å². The Labute approximate surface area is 290 Å². The van der Waals surface area contributed by atoms with E-state index in [0.29, 0.717) is 11.5 Å². The molecule has 0 saturated heterocycles. The van der Waals surface area contributed by atoms with Crippen LogP contribution in [0.1, 0.15) is 41.4 Å². The van der Waals surface area contributed by atoms with E-state index in [4.69, 9.17) is 18.9 Å². The average molecular weight is 713 g/mol. The molecule has 2 N–H and O–H groups in total. The summed E-state index contributed by atoms with van der Waals surface area (Å²) in [6, 6.07) is 15.5. The van der Waals surface area contributed by atoms with Gasteiger partial charge in [-0.1, -0.05) is 0 Å². The van der Waals surface area contributed by atoms with E-state index in [1.54, 1.807) is 12.1 Å². The summed E-state index contributed by atoms with van der Waals surface area (Å²) in [5.41, 5.74) is -0.487. The summed E-state index contributed by atoms with van der Waals surface area (Å²) in [6.45, 7) is 0. The average Bonchev–Trinajstić information content (AvgIpc) is 3.54. The molecule has 0 fully saturated rings. The van der Waals surface area contributed by atoms with Gasteiger partial charge in [-0.3, -0.25) is 28.8 Å². The molecule has 0 aliphatic heterocycles. The van der Waals surface area contributed by atoms with Crippen LogP contribution in [0.2, 0.25) is 0 Å². The maximum absolute atomic E-state index is 13.8. The molecule has 14 nitrogen and oxygen atoms in total. The largest absolute Gasteiger partial charge is 0.497 e. The predicted octanol–water partition coefficient (Wildman–Crippen LogP) is 3.82. The summed E-state index contributed by atoms with van der Waals surface area (Å²) in [4.78, 5) is 78.7. The number of fused-ring (bicyclic) bond motifs is 2. The Morgan fingerprint density at radius 3 is 1.24 bits per heavy atom. The van der Waals surface area contributed by atoms with Gasteiger partial charge in [0.05, 0.1) is 49.6 Å². The van der Waals surface area contributed by atoms with E-state index in [9.17, 15) is 37.2 Å². The van der Waals surface area contributed by atoms with Gasteiger partial charge in [-0.05, 0) is 60.7 Å². The van der Waals surface area contributed by atoms with Crippen molar-refractivity contribution in [3.63, 3.8) is 0 Å². The lowest BCUT2D eigenvalue weighted by Gasteiger charge is -2.13. The third-order valence-corrected chi connectivity index (χ3v) is 10.3. The van der Waals surface area contributed by atoms with E-state index >= 15 is 0 Å². The molecular formula is C36H28N2O12S. The number of carbonyl (C=O) groups is 6. The minimum absolute atomic E-state index is 0.141. The number of hydrogen-bond donors (Lipinski definition) is 2. The molecule has 0 saturated carbocycles. The number of amides is 2. The molecule has 2 atom stereocenters. The van der Waals surface area contributed by atoms with Crippen LogP contribution in [0.15, 0.2) is 82.6 Å². The number of rotatable bonds is 10. The quantitative estimate of drug-likeness (QED) is 0.226. The minimum atomic E-state index is -4.45. The van der Waals surface area contributed by atoms with E-state index in [0.717, 1.165) is 36.4 Å². The van der Waals surface area contributed by atoms with Gasteiger partial charge >= 0.3 is 0 Å². The second kappa shape index (κ2) is 13.2. The molecule has 4 aromatic carbocycles. The first kappa shape index (κ1) is 34.5. The maximum Gasteiger partial charge on any atom is 0.243 e. The van der Waals surface area contributed by atoms with Crippen LogP contribution in [0.3, 0.4) is 0 Å². The van der Waals surface area contributed by atoms with Crippen molar-refractivity contribution in [2.24, 2.45) is 11.8 Å². The monoisotopic (exact) mass is 712 g/mol. The molecule has 2 aliphatic carbocycles. The highest BCUT2D eigenvalue weighted by molar-refractivity contribution is 7.91. The standard InChI is InChI=1S/C36H28N2O12S/c1-47-17-5-11-25(27(13-17)49-3)37-35(43)29-31(39)21-9-7-19(15-23(21)33(29)41)51(45,46)20-8-10-22-24(16-20)34(42)30(32(22)40)36(44)38-26-12-6-18(48-2)14-28(26)50-4/h5-16,29-30H,1-4H3,(H,37,43)(H,38,44). The number of anilines is 2. The van der Waals surface area contributed by atoms with Crippen molar-refractivity contribution >= 4 is 56.2 Å². The van der Waals surface area contributed by atoms with Crippen molar-refractivity contribution in [2.75, 3.05) is 39.1 Å². The van der Waals surface area contributed by atoms with Gasteiger partial charge in [-0.25, -0.2) is 8.42 Å². The van der Waals surface area contributed by atoms with Crippen molar-refractivity contribution in [2.45, 2.75) is 9.79 Å². The smallest absolute Gasteiger partial charge is 0.243 e. The molecule has 2 aliphatic rings. The van der Waals surface area contributed by atoms with E-state index in [-0.39, 0.29) is 45.1 Å². The van der Waals surface area contributed by atoms with Crippen LogP contribution in [0.25, 0.3) is 0 Å². The fraction of sp³-hybridized carbons (Fsp3) is 0.167. The molecule has 51 heavy (non-hydrogen) atoms. The first-order chi connectivity index (χ1) is 24.3. The minimum Gasteiger partial charge on any atom is -0.497 e. The van der Waals surface area contributed by atoms with E-state index in [2.05, 4.69) is 10.6 Å². The van der Waals surface area contributed by atoms with Crippen LogP contribution >= 0.6 is 0 Å². The summed E-state index contributed by atoms with van der Waals surface area (Å²) in [6.07, 6.45) is 0. The van der Waals surface area contributed by atoms with Crippen molar-refractivity contribution in [3.05, 3.63) is 95.1 Å².